The molecule has 0 fully saturated rings. The van der Waals surface area contributed by atoms with Crippen molar-refractivity contribution < 1.29 is 9.53 Å². The zero-order chi connectivity index (χ0) is 17.6. The lowest BCUT2D eigenvalue weighted by Gasteiger charge is -2.42. The van der Waals surface area contributed by atoms with Gasteiger partial charge >= 0.3 is 5.97 Å². The summed E-state index contributed by atoms with van der Waals surface area (Å²) >= 11 is 0. The molecular weight excluding hydrogens is 298 g/mol. The first kappa shape index (κ1) is 18.2. The van der Waals surface area contributed by atoms with Crippen LogP contribution in [-0.4, -0.2) is 31.0 Å². The van der Waals surface area contributed by atoms with Crippen LogP contribution in [0.3, 0.4) is 0 Å². The van der Waals surface area contributed by atoms with E-state index in [0.717, 1.165) is 11.1 Å². The molecule has 0 aliphatic heterocycles. The molecule has 3 heteroatoms. The van der Waals surface area contributed by atoms with Crippen LogP contribution < -0.4 is 0 Å². The molecule has 2 aromatic carbocycles. The van der Waals surface area contributed by atoms with E-state index in [1.807, 2.05) is 69.6 Å². The number of ether oxygens (including phenoxy) is 1. The van der Waals surface area contributed by atoms with E-state index in [-0.39, 0.29) is 12.0 Å². The third kappa shape index (κ3) is 4.04. The molecule has 0 N–H and O–H groups in total. The maximum Gasteiger partial charge on any atom is 0.306 e. The minimum absolute atomic E-state index is 0.0237. The second-order valence-electron chi connectivity index (χ2n) is 6.39. The maximum atomic E-state index is 12.3. The molecule has 2 atom stereocenters. The zero-order valence-corrected chi connectivity index (χ0v) is 15.0. The lowest BCUT2D eigenvalue weighted by molar-refractivity contribution is -0.168. The quantitative estimate of drug-likeness (QED) is 0.720. The SMILES string of the molecule is CCC(=O)OC(Cc1ccccc1)(c1ccccc1)C(C)N(C)C. The Labute approximate surface area is 145 Å². The van der Waals surface area contributed by atoms with E-state index >= 15 is 0 Å². The predicted octanol–water partition coefficient (Wildman–Crippen LogP) is 4.03. The van der Waals surface area contributed by atoms with Crippen LogP contribution in [0.15, 0.2) is 60.7 Å². The average molecular weight is 325 g/mol. The Morgan fingerprint density at radius 1 is 1.04 bits per heavy atom. The fourth-order valence-electron chi connectivity index (χ4n) is 2.98. The van der Waals surface area contributed by atoms with E-state index in [1.54, 1.807) is 0 Å². The van der Waals surface area contributed by atoms with Gasteiger partial charge in [0, 0.05) is 12.8 Å². The third-order valence-corrected chi connectivity index (χ3v) is 4.61. The molecule has 0 saturated heterocycles. The first-order valence-corrected chi connectivity index (χ1v) is 8.47. The predicted molar refractivity (Wildman–Crippen MR) is 97.8 cm³/mol. The van der Waals surface area contributed by atoms with Crippen molar-refractivity contribution in [1.29, 1.82) is 0 Å². The van der Waals surface area contributed by atoms with E-state index in [1.165, 1.54) is 0 Å². The van der Waals surface area contributed by atoms with Crippen molar-refractivity contribution in [3.05, 3.63) is 71.8 Å². The van der Waals surface area contributed by atoms with Crippen molar-refractivity contribution in [3.8, 4) is 0 Å². The molecule has 0 aliphatic rings. The highest BCUT2D eigenvalue weighted by atomic mass is 16.6. The number of hydrogen-bond acceptors (Lipinski definition) is 3. The molecule has 0 bridgehead atoms. The summed E-state index contributed by atoms with van der Waals surface area (Å²) in [6.45, 7) is 3.94. The molecule has 0 saturated carbocycles. The molecule has 3 nitrogen and oxygen atoms in total. The summed E-state index contributed by atoms with van der Waals surface area (Å²) in [6.07, 6.45) is 1.01. The van der Waals surface area contributed by atoms with Gasteiger partial charge in [-0.3, -0.25) is 4.79 Å². The van der Waals surface area contributed by atoms with Crippen LogP contribution in [0.25, 0.3) is 0 Å². The van der Waals surface area contributed by atoms with Gasteiger partial charge in [0.25, 0.3) is 0 Å². The van der Waals surface area contributed by atoms with E-state index in [0.29, 0.717) is 12.8 Å². The smallest absolute Gasteiger partial charge is 0.306 e. The molecular formula is C21H27NO2. The van der Waals surface area contributed by atoms with E-state index in [4.69, 9.17) is 4.74 Å². The molecule has 0 aliphatic carbocycles. The fourth-order valence-corrected chi connectivity index (χ4v) is 2.98. The van der Waals surface area contributed by atoms with Gasteiger partial charge in [-0.15, -0.1) is 0 Å². The molecule has 0 aromatic heterocycles. The fraction of sp³-hybridized carbons (Fsp3) is 0.381. The number of esters is 1. The van der Waals surface area contributed by atoms with E-state index < -0.39 is 5.60 Å². The molecule has 2 unspecified atom stereocenters. The van der Waals surface area contributed by atoms with Crippen LogP contribution in [0, 0.1) is 0 Å². The first-order chi connectivity index (χ1) is 11.5. The highest BCUT2D eigenvalue weighted by Gasteiger charge is 2.43. The molecule has 2 aromatic rings. The van der Waals surface area contributed by atoms with Crippen LogP contribution in [0.1, 0.15) is 31.4 Å². The minimum atomic E-state index is -0.723. The molecule has 24 heavy (non-hydrogen) atoms. The lowest BCUT2D eigenvalue weighted by Crippen LogP contribution is -2.50. The Balaban J connectivity index is 2.56. The van der Waals surface area contributed by atoms with Gasteiger partial charge in [0.1, 0.15) is 0 Å². The number of nitrogens with zero attached hydrogens (tertiary/aromatic N) is 1. The number of carbonyl (C=O) groups is 1. The van der Waals surface area contributed by atoms with Gasteiger partial charge in [-0.05, 0) is 32.1 Å². The Bertz CT molecular complexity index is 639. The highest BCUT2D eigenvalue weighted by molar-refractivity contribution is 5.70. The molecule has 0 spiro atoms. The van der Waals surface area contributed by atoms with Crippen molar-refractivity contribution in [2.45, 2.75) is 38.3 Å². The zero-order valence-electron chi connectivity index (χ0n) is 15.0. The van der Waals surface area contributed by atoms with Crippen molar-refractivity contribution in [2.24, 2.45) is 0 Å². The monoisotopic (exact) mass is 325 g/mol. The second kappa shape index (κ2) is 8.11. The van der Waals surface area contributed by atoms with Crippen LogP contribution in [0.4, 0.5) is 0 Å². The van der Waals surface area contributed by atoms with Gasteiger partial charge < -0.3 is 9.64 Å². The van der Waals surface area contributed by atoms with Crippen LogP contribution in [0.2, 0.25) is 0 Å². The maximum absolute atomic E-state index is 12.3. The summed E-state index contributed by atoms with van der Waals surface area (Å²) in [7, 11) is 4.04. The standard InChI is InChI=1S/C21H27NO2/c1-5-20(23)24-21(17(2)22(3)4,19-14-10-7-11-15-19)16-18-12-8-6-9-13-18/h6-15,17H,5,16H2,1-4H3. The topological polar surface area (TPSA) is 29.5 Å². The lowest BCUT2D eigenvalue weighted by atomic mass is 9.80. The van der Waals surface area contributed by atoms with Crippen molar-refractivity contribution in [3.63, 3.8) is 0 Å². The summed E-state index contributed by atoms with van der Waals surface area (Å²) in [4.78, 5) is 14.4. The van der Waals surface area contributed by atoms with Crippen molar-refractivity contribution in [2.75, 3.05) is 14.1 Å². The highest BCUT2D eigenvalue weighted by Crippen LogP contribution is 2.36. The Kier molecular flexibility index (Phi) is 6.16. The van der Waals surface area contributed by atoms with Gasteiger partial charge in [-0.2, -0.15) is 0 Å². The molecule has 128 valence electrons. The van der Waals surface area contributed by atoms with Crippen LogP contribution in [0.5, 0.6) is 0 Å². The normalized spacial score (nSPS) is 14.9. The minimum Gasteiger partial charge on any atom is -0.452 e. The third-order valence-electron chi connectivity index (χ3n) is 4.61. The molecule has 0 radical (unpaired) electrons. The summed E-state index contributed by atoms with van der Waals surface area (Å²) in [5, 5.41) is 0. The summed E-state index contributed by atoms with van der Waals surface area (Å²) in [5.74, 6) is -0.177. The number of hydrogen-bond donors (Lipinski definition) is 0. The van der Waals surface area contributed by atoms with Crippen LogP contribution in [-0.2, 0) is 21.6 Å². The Morgan fingerprint density at radius 3 is 2.08 bits per heavy atom. The number of rotatable bonds is 7. The second-order valence-corrected chi connectivity index (χ2v) is 6.39. The van der Waals surface area contributed by atoms with Gasteiger partial charge in [-0.1, -0.05) is 67.6 Å². The first-order valence-electron chi connectivity index (χ1n) is 8.47. The van der Waals surface area contributed by atoms with Crippen LogP contribution >= 0.6 is 0 Å². The van der Waals surface area contributed by atoms with E-state index in [2.05, 4.69) is 24.0 Å². The van der Waals surface area contributed by atoms with Gasteiger partial charge in [0.15, 0.2) is 5.60 Å². The largest absolute Gasteiger partial charge is 0.452 e. The average Bonchev–Trinajstić information content (AvgIpc) is 2.61. The summed E-state index contributed by atoms with van der Waals surface area (Å²) < 4.78 is 6.12. The summed E-state index contributed by atoms with van der Waals surface area (Å²) in [5.41, 5.74) is 1.45. The van der Waals surface area contributed by atoms with Crippen molar-refractivity contribution in [1.82, 2.24) is 4.90 Å². The summed E-state index contributed by atoms with van der Waals surface area (Å²) in [6, 6.07) is 20.3. The molecule has 0 amide bonds. The van der Waals surface area contributed by atoms with E-state index in [9.17, 15) is 4.79 Å². The van der Waals surface area contributed by atoms with Gasteiger partial charge in [0.2, 0.25) is 0 Å². The van der Waals surface area contributed by atoms with Crippen molar-refractivity contribution >= 4 is 5.97 Å². The Hall–Kier alpha value is -2.13. The molecule has 2 rings (SSSR count). The number of benzene rings is 2. The number of carbonyl (C=O) groups excluding carboxylic acids is 1. The number of likely N-dealkylation sites (N-methyl/N-ethyl adjacent to an activating group) is 1. The van der Waals surface area contributed by atoms with Gasteiger partial charge in [0.05, 0.1) is 6.04 Å². The van der Waals surface area contributed by atoms with Gasteiger partial charge in [-0.25, -0.2) is 0 Å². The molecule has 0 heterocycles. The Morgan fingerprint density at radius 2 is 1.58 bits per heavy atom.